The van der Waals surface area contributed by atoms with Crippen LogP contribution in [0.4, 0.5) is 0 Å². The van der Waals surface area contributed by atoms with E-state index in [9.17, 15) is 4.79 Å². The van der Waals surface area contributed by atoms with Gasteiger partial charge in [-0.2, -0.15) is 0 Å². The number of hydrogen-bond acceptors (Lipinski definition) is 7. The molecular weight excluding hydrogens is 603 g/mol. The summed E-state index contributed by atoms with van der Waals surface area (Å²) in [6.07, 6.45) is 2.69. The van der Waals surface area contributed by atoms with Gasteiger partial charge in [0.25, 0.3) is 5.91 Å². The zero-order chi connectivity index (χ0) is 31.4. The van der Waals surface area contributed by atoms with Crippen molar-refractivity contribution in [1.82, 2.24) is 10.9 Å². The van der Waals surface area contributed by atoms with Crippen molar-refractivity contribution >= 4 is 35.0 Å². The van der Waals surface area contributed by atoms with E-state index in [1.54, 1.807) is 42.5 Å². The molecule has 3 aromatic carbocycles. The topological polar surface area (TPSA) is 141 Å². The largest absolute Gasteiger partial charge is 0.494 e. The molecule has 0 aromatic heterocycles. The molecule has 1 amide bonds. The highest BCUT2D eigenvalue weighted by Crippen LogP contribution is 2.45. The van der Waals surface area contributed by atoms with Crippen LogP contribution in [-0.2, 0) is 22.5 Å². The molecule has 0 bridgehead atoms. The first-order chi connectivity index (χ1) is 21.4. The smallest absolute Gasteiger partial charge is 0.266 e. The summed E-state index contributed by atoms with van der Waals surface area (Å²) in [7, 11) is 0. The monoisotopic (exact) mass is 638 g/mol. The normalized spacial score (nSPS) is 17.4. The van der Waals surface area contributed by atoms with Crippen LogP contribution in [0.5, 0.6) is 5.75 Å². The SMILES string of the molecule is CCCCCNNC(=O)[C@@]1(Cc2ccccc2CN=[N+]=[N-])N=C(c2ccc(OCCCO)cc2)O[C@H]1c1ccc(Cl)cc1Cl. The van der Waals surface area contributed by atoms with Crippen molar-refractivity contribution in [2.24, 2.45) is 10.1 Å². The van der Waals surface area contributed by atoms with Gasteiger partial charge in [-0.15, -0.1) is 0 Å². The number of nitrogens with zero attached hydrogens (tertiary/aromatic N) is 4. The van der Waals surface area contributed by atoms with Gasteiger partial charge >= 0.3 is 0 Å². The van der Waals surface area contributed by atoms with E-state index in [1.807, 2.05) is 24.3 Å². The lowest BCUT2D eigenvalue weighted by Crippen LogP contribution is -2.54. The second-order valence-corrected chi connectivity index (χ2v) is 11.2. The van der Waals surface area contributed by atoms with Crippen molar-refractivity contribution in [2.75, 3.05) is 19.8 Å². The average molecular weight is 640 g/mol. The summed E-state index contributed by atoms with van der Waals surface area (Å²) in [5.74, 6) is 0.490. The third kappa shape index (κ3) is 8.22. The summed E-state index contributed by atoms with van der Waals surface area (Å²) in [4.78, 5) is 22.3. The number of azide groups is 1. The Morgan fingerprint density at radius 1 is 1.11 bits per heavy atom. The highest BCUT2D eigenvalue weighted by Gasteiger charge is 2.54. The number of unbranched alkanes of at least 4 members (excludes halogenated alkanes) is 2. The summed E-state index contributed by atoms with van der Waals surface area (Å²) in [6.45, 7) is 3.24. The van der Waals surface area contributed by atoms with Crippen LogP contribution in [0.1, 0.15) is 61.0 Å². The molecule has 232 valence electrons. The maximum atomic E-state index is 14.3. The number of amides is 1. The Balaban J connectivity index is 1.80. The van der Waals surface area contributed by atoms with Crippen molar-refractivity contribution in [3.63, 3.8) is 0 Å². The zero-order valence-corrected chi connectivity index (χ0v) is 26.0. The molecule has 0 fully saturated rings. The van der Waals surface area contributed by atoms with Crippen LogP contribution in [0.25, 0.3) is 10.4 Å². The highest BCUT2D eigenvalue weighted by atomic mass is 35.5. The predicted molar refractivity (Wildman–Crippen MR) is 172 cm³/mol. The van der Waals surface area contributed by atoms with Gasteiger partial charge in [-0.25, -0.2) is 10.4 Å². The minimum atomic E-state index is -1.51. The number of ether oxygens (including phenoxy) is 2. The molecule has 2 atom stereocenters. The molecule has 0 radical (unpaired) electrons. The van der Waals surface area contributed by atoms with Crippen LogP contribution < -0.4 is 15.6 Å². The van der Waals surface area contributed by atoms with Crippen molar-refractivity contribution in [3.05, 3.63) is 109 Å². The van der Waals surface area contributed by atoms with Crippen molar-refractivity contribution in [1.29, 1.82) is 0 Å². The number of hydrogen-bond donors (Lipinski definition) is 3. The lowest BCUT2D eigenvalue weighted by atomic mass is 9.81. The number of aliphatic hydroxyl groups excluding tert-OH is 1. The first-order valence-corrected chi connectivity index (χ1v) is 15.3. The molecule has 3 aromatic rings. The molecular formula is C32H36Cl2N6O4. The van der Waals surface area contributed by atoms with E-state index in [4.69, 9.17) is 48.3 Å². The highest BCUT2D eigenvalue weighted by molar-refractivity contribution is 6.35. The molecule has 0 aliphatic carbocycles. The average Bonchev–Trinajstić information content (AvgIpc) is 3.41. The lowest BCUT2D eigenvalue weighted by molar-refractivity contribution is -0.130. The Kier molecular flexibility index (Phi) is 12.3. The van der Waals surface area contributed by atoms with Crippen LogP contribution in [0.2, 0.25) is 10.0 Å². The van der Waals surface area contributed by atoms with Gasteiger partial charge in [-0.3, -0.25) is 10.2 Å². The number of nitrogens with one attached hydrogen (secondary N) is 2. The van der Waals surface area contributed by atoms with E-state index in [0.29, 0.717) is 46.5 Å². The number of carbonyl (C=O) groups is 1. The summed E-state index contributed by atoms with van der Waals surface area (Å²) >= 11 is 13.0. The molecule has 0 saturated heterocycles. The Bertz CT molecular complexity index is 1500. The van der Waals surface area contributed by atoms with E-state index in [1.165, 1.54) is 0 Å². The molecule has 1 aliphatic heterocycles. The van der Waals surface area contributed by atoms with Crippen molar-refractivity contribution < 1.29 is 19.4 Å². The van der Waals surface area contributed by atoms with E-state index >= 15 is 0 Å². The fourth-order valence-electron chi connectivity index (χ4n) is 4.97. The summed E-state index contributed by atoms with van der Waals surface area (Å²) in [5.41, 5.74) is 16.1. The molecule has 1 aliphatic rings. The first kappa shape index (κ1) is 33.1. The van der Waals surface area contributed by atoms with E-state index in [-0.39, 0.29) is 25.5 Å². The molecule has 4 rings (SSSR count). The van der Waals surface area contributed by atoms with Crippen molar-refractivity contribution in [3.8, 4) is 5.75 Å². The first-order valence-electron chi connectivity index (χ1n) is 14.6. The minimum Gasteiger partial charge on any atom is -0.494 e. The van der Waals surface area contributed by atoms with Gasteiger partial charge in [-0.05, 0) is 59.5 Å². The fourth-order valence-corrected chi connectivity index (χ4v) is 5.48. The minimum absolute atomic E-state index is 0.0426. The predicted octanol–water partition coefficient (Wildman–Crippen LogP) is 6.88. The number of carbonyl (C=O) groups excluding carboxylic acids is 1. The van der Waals surface area contributed by atoms with Gasteiger partial charge in [0.15, 0.2) is 11.6 Å². The molecule has 0 saturated carbocycles. The molecule has 12 heteroatoms. The van der Waals surface area contributed by atoms with Gasteiger partial charge in [0.1, 0.15) is 5.75 Å². The summed E-state index contributed by atoms with van der Waals surface area (Å²) in [6, 6.07) is 19.7. The maximum Gasteiger partial charge on any atom is 0.266 e. The number of aliphatic hydroxyl groups is 1. The molecule has 10 nitrogen and oxygen atoms in total. The summed E-state index contributed by atoms with van der Waals surface area (Å²) in [5, 5.41) is 13.6. The second kappa shape index (κ2) is 16.3. The van der Waals surface area contributed by atoms with Crippen molar-refractivity contribution in [2.45, 2.75) is 57.2 Å². The maximum absolute atomic E-state index is 14.3. The summed E-state index contributed by atoms with van der Waals surface area (Å²) < 4.78 is 12.2. The van der Waals surface area contributed by atoms with Gasteiger partial charge < -0.3 is 14.6 Å². The van der Waals surface area contributed by atoms with E-state index in [0.717, 1.165) is 30.4 Å². The van der Waals surface area contributed by atoms with E-state index in [2.05, 4.69) is 27.8 Å². The van der Waals surface area contributed by atoms with E-state index < -0.39 is 17.6 Å². The van der Waals surface area contributed by atoms with Crippen LogP contribution in [0, 0.1) is 0 Å². The lowest BCUT2D eigenvalue weighted by Gasteiger charge is -2.32. The Morgan fingerprint density at radius 3 is 2.59 bits per heavy atom. The van der Waals surface area contributed by atoms with Crippen LogP contribution in [0.15, 0.2) is 76.8 Å². The Hall–Kier alpha value is -3.79. The second-order valence-electron chi connectivity index (χ2n) is 10.4. The number of rotatable bonds is 16. The van der Waals surface area contributed by atoms with Gasteiger partial charge in [0.05, 0.1) is 13.2 Å². The Morgan fingerprint density at radius 2 is 1.89 bits per heavy atom. The van der Waals surface area contributed by atoms with Gasteiger partial charge in [-0.1, -0.05) is 78.4 Å². The standard InChI is InChI=1S/C32H36Cl2N6O4/c1-2-3-6-16-36-39-31(42)32(20-23-8-4-5-9-24(23)21-37-40-35)29(27-15-12-25(33)19-28(27)34)44-30(38-32)22-10-13-26(14-11-22)43-18-7-17-41/h4-5,8-15,19,29,36,41H,2-3,6-7,16-18,20-21H2,1H3,(H,39,42)/t29-,32-/m0/s1. The number of hydrazine groups is 1. The molecule has 3 N–H and O–H groups in total. The van der Waals surface area contributed by atoms with Crippen LogP contribution >= 0.6 is 23.2 Å². The Labute approximate surface area is 267 Å². The van der Waals surface area contributed by atoms with Gasteiger partial charge in [0.2, 0.25) is 5.90 Å². The third-order valence-corrected chi connectivity index (χ3v) is 7.83. The van der Waals surface area contributed by atoms with Gasteiger partial charge in [0, 0.05) is 52.1 Å². The quantitative estimate of drug-likeness (QED) is 0.0516. The molecule has 1 heterocycles. The van der Waals surface area contributed by atoms with Crippen LogP contribution in [0.3, 0.4) is 0 Å². The third-order valence-electron chi connectivity index (χ3n) is 7.26. The fraction of sp³-hybridized carbons (Fsp3) is 0.375. The number of aliphatic imine (C=N–C) groups is 1. The number of benzene rings is 3. The number of halogens is 2. The zero-order valence-electron chi connectivity index (χ0n) is 24.5. The molecule has 0 unspecified atom stereocenters. The molecule has 44 heavy (non-hydrogen) atoms. The molecule has 0 spiro atoms. The van der Waals surface area contributed by atoms with Crippen LogP contribution in [-0.4, -0.2) is 42.2 Å².